The number of hydrogen-bond donors (Lipinski definition) is 2. The van der Waals surface area contributed by atoms with Gasteiger partial charge < -0.3 is 14.8 Å². The van der Waals surface area contributed by atoms with Gasteiger partial charge in [0.1, 0.15) is 23.1 Å². The topological polar surface area (TPSA) is 93.3 Å². The average Bonchev–Trinajstić information content (AvgIpc) is 2.60. The van der Waals surface area contributed by atoms with Gasteiger partial charge in [-0.25, -0.2) is 0 Å². The van der Waals surface area contributed by atoms with E-state index in [1.54, 1.807) is 13.0 Å². The van der Waals surface area contributed by atoms with Crippen molar-refractivity contribution in [3.05, 3.63) is 41.0 Å². The normalized spacial score (nSPS) is 11.1. The van der Waals surface area contributed by atoms with E-state index in [1.807, 2.05) is 44.2 Å². The lowest BCUT2D eigenvalue weighted by atomic mass is 10.1. The molecule has 2 N–H and O–H groups in total. The molecule has 0 aliphatic rings. The van der Waals surface area contributed by atoms with Crippen molar-refractivity contribution < 1.29 is 19.1 Å². The summed E-state index contributed by atoms with van der Waals surface area (Å²) in [5, 5.41) is 9.61. The van der Waals surface area contributed by atoms with Crippen LogP contribution < -0.4 is 10.1 Å². The maximum atomic E-state index is 10.9. The zero-order valence-corrected chi connectivity index (χ0v) is 17.6. The third kappa shape index (κ3) is 9.27. The Morgan fingerprint density at radius 1 is 1.14 bits per heavy atom. The van der Waals surface area contributed by atoms with Crippen molar-refractivity contribution in [1.29, 1.82) is 0 Å². The second-order valence-electron chi connectivity index (χ2n) is 6.39. The van der Waals surface area contributed by atoms with Crippen molar-refractivity contribution in [2.75, 3.05) is 6.61 Å². The van der Waals surface area contributed by atoms with Crippen LogP contribution in [0.4, 0.5) is 0 Å². The van der Waals surface area contributed by atoms with Gasteiger partial charge in [-0.15, -0.1) is 0 Å². The predicted molar refractivity (Wildman–Crippen MR) is 111 cm³/mol. The predicted octanol–water partition coefficient (Wildman–Crippen LogP) is 3.67. The van der Waals surface area contributed by atoms with Gasteiger partial charge in [-0.3, -0.25) is 14.7 Å². The fraction of sp³-hybridized carbons (Fsp3) is 0.400. The summed E-state index contributed by atoms with van der Waals surface area (Å²) < 4.78 is 11.3. The molecule has 152 valence electrons. The molecule has 1 amide bonds. The molecule has 1 aromatic carbocycles. The van der Waals surface area contributed by atoms with Crippen LogP contribution in [0.2, 0.25) is 0 Å². The number of nitrogens with zero attached hydrogens (tertiary/aromatic N) is 1. The van der Waals surface area contributed by atoms with Crippen LogP contribution in [0.25, 0.3) is 11.3 Å². The van der Waals surface area contributed by atoms with Gasteiger partial charge in [0.05, 0.1) is 5.69 Å². The Kier molecular flexibility index (Phi) is 9.87. The highest BCUT2D eigenvalue weighted by molar-refractivity contribution is 7.71. The maximum absolute atomic E-state index is 10.9. The highest BCUT2D eigenvalue weighted by Gasteiger charge is 2.10. The minimum absolute atomic E-state index is 0.0370. The van der Waals surface area contributed by atoms with Crippen LogP contribution >= 0.6 is 12.2 Å². The number of amides is 1. The van der Waals surface area contributed by atoms with Crippen LogP contribution in [-0.4, -0.2) is 40.8 Å². The van der Waals surface area contributed by atoms with Crippen molar-refractivity contribution in [3.63, 3.8) is 0 Å². The van der Waals surface area contributed by atoms with Crippen LogP contribution in [0.1, 0.15) is 34.6 Å². The molecule has 1 aromatic heterocycles. The SMILES string of the molecule is CC(=O)NC(C)C.CC(=O)OC(C)COc1ccccc1-c1ccc(=S)[nH]n1. The molecule has 8 heteroatoms. The van der Waals surface area contributed by atoms with Gasteiger partial charge >= 0.3 is 5.97 Å². The number of para-hydroxylation sites is 1. The van der Waals surface area contributed by atoms with E-state index in [1.165, 1.54) is 13.8 Å². The Balaban J connectivity index is 0.000000480. The Morgan fingerprint density at radius 2 is 1.82 bits per heavy atom. The summed E-state index contributed by atoms with van der Waals surface area (Å²) in [6.07, 6.45) is -0.315. The Hall–Kier alpha value is -2.74. The number of carbonyl (C=O) groups is 2. The van der Waals surface area contributed by atoms with Crippen molar-refractivity contribution >= 4 is 24.1 Å². The van der Waals surface area contributed by atoms with Crippen molar-refractivity contribution in [2.24, 2.45) is 0 Å². The van der Waals surface area contributed by atoms with E-state index in [2.05, 4.69) is 15.5 Å². The van der Waals surface area contributed by atoms with Gasteiger partial charge in [-0.05, 0) is 45.0 Å². The van der Waals surface area contributed by atoms with E-state index >= 15 is 0 Å². The number of carbonyl (C=O) groups excluding carboxylic acids is 2. The minimum atomic E-state index is -0.323. The van der Waals surface area contributed by atoms with Crippen LogP contribution in [0, 0.1) is 4.64 Å². The Labute approximate surface area is 170 Å². The number of rotatable bonds is 6. The largest absolute Gasteiger partial charge is 0.489 e. The lowest BCUT2D eigenvalue weighted by molar-refractivity contribution is -0.146. The number of aromatic nitrogens is 2. The summed E-state index contributed by atoms with van der Waals surface area (Å²) in [5.74, 6) is 0.390. The highest BCUT2D eigenvalue weighted by Crippen LogP contribution is 2.27. The number of aromatic amines is 1. The lowest BCUT2D eigenvalue weighted by Crippen LogP contribution is -2.27. The fourth-order valence-corrected chi connectivity index (χ4v) is 2.34. The summed E-state index contributed by atoms with van der Waals surface area (Å²) in [7, 11) is 0. The van der Waals surface area contributed by atoms with Crippen LogP contribution in [0.15, 0.2) is 36.4 Å². The van der Waals surface area contributed by atoms with Crippen LogP contribution in [0.3, 0.4) is 0 Å². The second-order valence-corrected chi connectivity index (χ2v) is 6.83. The molecule has 0 bridgehead atoms. The summed E-state index contributed by atoms with van der Waals surface area (Å²) in [4.78, 5) is 21.0. The van der Waals surface area contributed by atoms with E-state index in [0.717, 1.165) is 11.3 Å². The van der Waals surface area contributed by atoms with Gasteiger partial charge in [0.25, 0.3) is 0 Å². The molecular weight excluding hydrogens is 378 g/mol. The molecule has 1 unspecified atom stereocenters. The van der Waals surface area contributed by atoms with Crippen LogP contribution in [-0.2, 0) is 14.3 Å². The van der Waals surface area contributed by atoms with Crippen molar-refractivity contribution in [2.45, 2.75) is 46.8 Å². The summed E-state index contributed by atoms with van der Waals surface area (Å²) in [5.41, 5.74) is 1.58. The summed E-state index contributed by atoms with van der Waals surface area (Å²) >= 11 is 4.98. The second kappa shape index (κ2) is 11.9. The molecule has 0 saturated heterocycles. The quantitative estimate of drug-likeness (QED) is 0.563. The van der Waals surface area contributed by atoms with Gasteiger partial charge in [0.2, 0.25) is 5.91 Å². The van der Waals surface area contributed by atoms with E-state index in [-0.39, 0.29) is 30.6 Å². The minimum Gasteiger partial charge on any atom is -0.489 e. The summed E-state index contributed by atoms with van der Waals surface area (Å²) in [6.45, 7) is 8.81. The monoisotopic (exact) mass is 405 g/mol. The van der Waals surface area contributed by atoms with Crippen LogP contribution in [0.5, 0.6) is 5.75 Å². The smallest absolute Gasteiger partial charge is 0.303 e. The highest BCUT2D eigenvalue weighted by atomic mass is 32.1. The van der Waals surface area contributed by atoms with E-state index < -0.39 is 0 Å². The van der Waals surface area contributed by atoms with Crippen molar-refractivity contribution in [3.8, 4) is 17.0 Å². The number of hydrogen-bond acceptors (Lipinski definition) is 6. The van der Waals surface area contributed by atoms with Gasteiger partial charge in [0.15, 0.2) is 0 Å². The first kappa shape index (κ1) is 23.3. The van der Waals surface area contributed by atoms with Crippen molar-refractivity contribution in [1.82, 2.24) is 15.5 Å². The number of nitrogens with one attached hydrogen (secondary N) is 2. The molecule has 7 nitrogen and oxygen atoms in total. The maximum Gasteiger partial charge on any atom is 0.303 e. The molecular formula is C20H27N3O4S. The fourth-order valence-electron chi connectivity index (χ4n) is 2.23. The van der Waals surface area contributed by atoms with Gasteiger partial charge in [-0.2, -0.15) is 5.10 Å². The Morgan fingerprint density at radius 3 is 2.32 bits per heavy atom. The molecule has 0 radical (unpaired) electrons. The first-order valence-corrected chi connectivity index (χ1v) is 9.32. The Bertz CT molecular complexity index is 816. The van der Waals surface area contributed by atoms with E-state index in [0.29, 0.717) is 10.4 Å². The molecule has 0 fully saturated rings. The lowest BCUT2D eigenvalue weighted by Gasteiger charge is -2.15. The molecule has 2 aromatic rings. The average molecular weight is 406 g/mol. The molecule has 2 rings (SSSR count). The standard InChI is InChI=1S/C15H16N2O3S.C5H11NO/c1-10(20-11(2)18)9-19-14-6-4-3-5-12(14)13-7-8-15(21)17-16-13;1-4(2)6-5(3)7/h3-8,10H,9H2,1-2H3,(H,17,21);4H,1-3H3,(H,6,7). The van der Waals surface area contributed by atoms with E-state index in [9.17, 15) is 9.59 Å². The number of ether oxygens (including phenoxy) is 2. The summed E-state index contributed by atoms with van der Waals surface area (Å²) in [6, 6.07) is 11.4. The molecule has 0 aliphatic heterocycles. The molecule has 0 aliphatic carbocycles. The third-order valence-corrected chi connectivity index (χ3v) is 3.40. The molecule has 0 saturated carbocycles. The zero-order chi connectivity index (χ0) is 21.1. The molecule has 0 spiro atoms. The molecule has 28 heavy (non-hydrogen) atoms. The zero-order valence-electron chi connectivity index (χ0n) is 16.8. The third-order valence-electron chi connectivity index (χ3n) is 3.17. The molecule has 1 heterocycles. The molecule has 1 atom stereocenters. The number of H-pyrrole nitrogens is 1. The van der Waals surface area contributed by atoms with Gasteiger partial charge in [-0.1, -0.05) is 24.4 Å². The van der Waals surface area contributed by atoms with Gasteiger partial charge in [0, 0.05) is 25.5 Å². The number of esters is 1. The number of benzene rings is 1. The first-order chi connectivity index (χ1) is 13.2. The first-order valence-electron chi connectivity index (χ1n) is 8.91. The van der Waals surface area contributed by atoms with E-state index in [4.69, 9.17) is 21.7 Å².